The number of anilines is 2. The monoisotopic (exact) mass is 889 g/mol. The van der Waals surface area contributed by atoms with Gasteiger partial charge in [0.1, 0.15) is 29.3 Å². The number of benzene rings is 3. The molecule has 0 spiro atoms. The van der Waals surface area contributed by atoms with Crippen LogP contribution in [0.1, 0.15) is 82.1 Å². The Kier molecular flexibility index (Phi) is 15.0. The Labute approximate surface area is 376 Å². The molecular weight excluding hydrogens is 838 g/mol. The van der Waals surface area contributed by atoms with Gasteiger partial charge in [-0.2, -0.15) is 0 Å². The van der Waals surface area contributed by atoms with Gasteiger partial charge < -0.3 is 29.7 Å². The molecule has 4 amide bonds. The molecule has 16 nitrogen and oxygen atoms in total. The van der Waals surface area contributed by atoms with Crippen LogP contribution in [0.25, 0.3) is 11.0 Å². The number of halogens is 1. The highest BCUT2D eigenvalue weighted by atomic mass is 35.5. The standard InChI is InChI=1S/C47H52ClN9O7/c1-31(10-15-41(60)52-30-59)54(2)47(63)37-13-11-34(25-32(37)28-58)56-23-21-55(22-24-56)18-6-9-42(61)57-19-16-33(17-20-57)53-46-43-39(27-49-45(43)50-29-51-46)44(62)38-14-12-36(26-40(38)48)64-35-7-4-3-5-8-35/h3-5,7-8,11-14,25-31,33H,6,9-10,15-24H2,1-2H3,(H,52,59,60)(H2,49,50,51,53). The predicted molar refractivity (Wildman–Crippen MR) is 243 cm³/mol. The fraction of sp³-hybridized carbons (Fsp3) is 0.362. The van der Waals surface area contributed by atoms with E-state index >= 15 is 0 Å². The minimum atomic E-state index is -0.413. The minimum absolute atomic E-state index is 0.0418. The first kappa shape index (κ1) is 45.4. The maximum atomic E-state index is 13.8. The lowest BCUT2D eigenvalue weighted by Crippen LogP contribution is -2.47. The predicted octanol–water partition coefficient (Wildman–Crippen LogP) is 5.97. The van der Waals surface area contributed by atoms with Crippen LogP contribution in [0, 0.1) is 0 Å². The molecule has 0 radical (unpaired) electrons. The van der Waals surface area contributed by atoms with Crippen molar-refractivity contribution in [2.75, 3.05) is 63.1 Å². The van der Waals surface area contributed by atoms with E-state index in [1.807, 2.05) is 48.2 Å². The topological polar surface area (TPSA) is 190 Å². The van der Waals surface area contributed by atoms with E-state index in [0.29, 0.717) is 89.2 Å². The van der Waals surface area contributed by atoms with E-state index < -0.39 is 5.91 Å². The fourth-order valence-electron chi connectivity index (χ4n) is 8.17. The van der Waals surface area contributed by atoms with Crippen LogP contribution in [0.15, 0.2) is 79.3 Å². The van der Waals surface area contributed by atoms with E-state index in [-0.39, 0.29) is 41.1 Å². The van der Waals surface area contributed by atoms with Gasteiger partial charge in [0.15, 0.2) is 12.1 Å². The Morgan fingerprint density at radius 3 is 2.38 bits per heavy atom. The van der Waals surface area contributed by atoms with E-state index in [1.54, 1.807) is 43.6 Å². The number of aldehydes is 1. The van der Waals surface area contributed by atoms with Gasteiger partial charge >= 0.3 is 0 Å². The van der Waals surface area contributed by atoms with Gasteiger partial charge in [0, 0.05) is 100 Å². The largest absolute Gasteiger partial charge is 0.457 e. The van der Waals surface area contributed by atoms with Crippen molar-refractivity contribution in [2.24, 2.45) is 0 Å². The summed E-state index contributed by atoms with van der Waals surface area (Å²) in [6.45, 7) is 6.90. The molecule has 3 N–H and O–H groups in total. The van der Waals surface area contributed by atoms with E-state index in [1.165, 1.54) is 11.2 Å². The van der Waals surface area contributed by atoms with Gasteiger partial charge in [0.2, 0.25) is 18.2 Å². The van der Waals surface area contributed by atoms with Crippen molar-refractivity contribution < 1.29 is 33.5 Å². The zero-order valence-corrected chi connectivity index (χ0v) is 36.7. The molecule has 17 heteroatoms. The number of fused-ring (bicyclic) bond motifs is 1. The van der Waals surface area contributed by atoms with Gasteiger partial charge in [-0.15, -0.1) is 0 Å². The van der Waals surface area contributed by atoms with Gasteiger partial charge in [0.25, 0.3) is 5.91 Å². The zero-order chi connectivity index (χ0) is 45.2. The molecular formula is C47H52ClN9O7. The van der Waals surface area contributed by atoms with Crippen molar-refractivity contribution in [2.45, 2.75) is 57.5 Å². The molecule has 0 bridgehead atoms. The number of imide groups is 1. The van der Waals surface area contributed by atoms with E-state index in [9.17, 15) is 28.8 Å². The van der Waals surface area contributed by atoms with Crippen LogP contribution >= 0.6 is 11.6 Å². The first-order valence-corrected chi connectivity index (χ1v) is 21.9. The Bertz CT molecular complexity index is 2480. The molecule has 2 aromatic heterocycles. The third kappa shape index (κ3) is 10.9. The Hall–Kier alpha value is -6.65. The maximum Gasteiger partial charge on any atom is 0.254 e. The van der Waals surface area contributed by atoms with E-state index in [0.717, 1.165) is 57.7 Å². The first-order chi connectivity index (χ1) is 31.0. The SMILES string of the molecule is CC(CCC(=O)NC=O)N(C)C(=O)c1ccc(N2CCN(CCCC(=O)N3CCC(Nc4ncnc5[nH]cc(C(=O)c6ccc(Oc7ccccc7)cc6Cl)c45)CC3)CC2)cc1C=O. The third-order valence-electron chi connectivity index (χ3n) is 12.1. The van der Waals surface area contributed by atoms with Gasteiger partial charge in [-0.05, 0) is 81.6 Å². The van der Waals surface area contributed by atoms with Gasteiger partial charge in [-0.1, -0.05) is 29.8 Å². The molecule has 5 aromatic rings. The summed E-state index contributed by atoms with van der Waals surface area (Å²) in [6.07, 6.45) is 7.22. The second-order valence-corrected chi connectivity index (χ2v) is 16.6. The summed E-state index contributed by atoms with van der Waals surface area (Å²) in [6, 6.07) is 19.4. The average molecular weight is 890 g/mol. The Morgan fingerprint density at radius 1 is 0.906 bits per heavy atom. The lowest BCUT2D eigenvalue weighted by molar-refractivity contribution is -0.132. The Balaban J connectivity index is 0.850. The lowest BCUT2D eigenvalue weighted by atomic mass is 10.0. The number of hydrogen-bond donors (Lipinski definition) is 3. The molecule has 2 saturated heterocycles. The number of carbonyl (C=O) groups excluding carboxylic acids is 6. The molecule has 7 rings (SSSR count). The molecule has 0 aliphatic carbocycles. The van der Waals surface area contributed by atoms with Crippen molar-refractivity contribution in [3.05, 3.63) is 107 Å². The molecule has 3 aromatic carbocycles. The summed E-state index contributed by atoms with van der Waals surface area (Å²) in [5.41, 5.74) is 2.71. The smallest absolute Gasteiger partial charge is 0.254 e. The lowest BCUT2D eigenvalue weighted by Gasteiger charge is -2.36. The number of rotatable bonds is 18. The van der Waals surface area contributed by atoms with Crippen molar-refractivity contribution in [1.29, 1.82) is 0 Å². The number of carbonyl (C=O) groups is 6. The number of aromatic nitrogens is 3. The van der Waals surface area contributed by atoms with E-state index in [2.05, 4.69) is 35.4 Å². The molecule has 1 atom stereocenters. The summed E-state index contributed by atoms with van der Waals surface area (Å²) >= 11 is 6.62. The molecule has 334 valence electrons. The number of nitrogens with one attached hydrogen (secondary N) is 3. The summed E-state index contributed by atoms with van der Waals surface area (Å²) in [5.74, 6) is 0.852. The maximum absolute atomic E-state index is 13.8. The summed E-state index contributed by atoms with van der Waals surface area (Å²) in [7, 11) is 1.63. The first-order valence-electron chi connectivity index (χ1n) is 21.5. The van der Waals surface area contributed by atoms with Crippen LogP contribution in [0.2, 0.25) is 5.02 Å². The molecule has 4 heterocycles. The number of amides is 4. The molecule has 2 aliphatic rings. The second kappa shape index (κ2) is 21.1. The van der Waals surface area contributed by atoms with Crippen molar-refractivity contribution in [3.8, 4) is 11.5 Å². The van der Waals surface area contributed by atoms with Crippen LogP contribution in [0.4, 0.5) is 11.5 Å². The third-order valence-corrected chi connectivity index (χ3v) is 12.4. The highest BCUT2D eigenvalue weighted by molar-refractivity contribution is 6.35. The quantitative estimate of drug-likeness (QED) is 0.0692. The summed E-state index contributed by atoms with van der Waals surface area (Å²) in [5, 5.41) is 6.47. The van der Waals surface area contributed by atoms with Gasteiger partial charge in [-0.25, -0.2) is 9.97 Å². The van der Waals surface area contributed by atoms with Crippen molar-refractivity contribution in [3.63, 3.8) is 0 Å². The number of para-hydroxylation sites is 1. The number of ether oxygens (including phenoxy) is 1. The van der Waals surface area contributed by atoms with Crippen LogP contribution in [-0.4, -0.2) is 131 Å². The molecule has 0 saturated carbocycles. The van der Waals surface area contributed by atoms with Crippen LogP contribution in [0.3, 0.4) is 0 Å². The number of H-pyrrole nitrogens is 1. The second-order valence-electron chi connectivity index (χ2n) is 16.1. The van der Waals surface area contributed by atoms with E-state index in [4.69, 9.17) is 16.3 Å². The molecule has 1 unspecified atom stereocenters. The number of piperazine rings is 1. The Morgan fingerprint density at radius 2 is 1.66 bits per heavy atom. The highest BCUT2D eigenvalue weighted by Gasteiger charge is 2.27. The number of nitrogens with zero attached hydrogens (tertiary/aromatic N) is 6. The van der Waals surface area contributed by atoms with Gasteiger partial charge in [0.05, 0.1) is 21.5 Å². The fourth-order valence-corrected chi connectivity index (χ4v) is 8.43. The highest BCUT2D eigenvalue weighted by Crippen LogP contribution is 2.32. The number of hydrogen-bond acceptors (Lipinski definition) is 12. The van der Waals surface area contributed by atoms with Crippen LogP contribution < -0.4 is 20.3 Å². The molecule has 64 heavy (non-hydrogen) atoms. The number of likely N-dealkylation sites (tertiary alicyclic amines) is 1. The van der Waals surface area contributed by atoms with Crippen molar-refractivity contribution in [1.82, 2.24) is 35.0 Å². The molecule has 2 aliphatic heterocycles. The van der Waals surface area contributed by atoms with Crippen LogP contribution in [-0.2, 0) is 14.4 Å². The number of aromatic amines is 1. The minimum Gasteiger partial charge on any atom is -0.457 e. The van der Waals surface area contributed by atoms with Crippen molar-refractivity contribution >= 4 is 70.3 Å². The zero-order valence-electron chi connectivity index (χ0n) is 35.9. The number of ketones is 1. The summed E-state index contributed by atoms with van der Waals surface area (Å²) in [4.78, 5) is 94.6. The summed E-state index contributed by atoms with van der Waals surface area (Å²) < 4.78 is 5.89. The number of piperidine rings is 1. The van der Waals surface area contributed by atoms with Gasteiger partial charge in [-0.3, -0.25) is 39.0 Å². The average Bonchev–Trinajstić information content (AvgIpc) is 3.76. The molecule has 2 fully saturated rings. The van der Waals surface area contributed by atoms with Crippen LogP contribution in [0.5, 0.6) is 11.5 Å². The normalized spacial score (nSPS) is 15.0.